The maximum atomic E-state index is 11.3. The average molecular weight is 267 g/mol. The van der Waals surface area contributed by atoms with Gasteiger partial charge in [0.25, 0.3) is 0 Å². The molecule has 0 aromatic carbocycles. The summed E-state index contributed by atoms with van der Waals surface area (Å²) < 4.78 is 4.53. The smallest absolute Gasteiger partial charge is 0.360 e. The summed E-state index contributed by atoms with van der Waals surface area (Å²) in [5.41, 5.74) is 5.98. The van der Waals surface area contributed by atoms with Gasteiger partial charge in [-0.25, -0.2) is 14.8 Å². The zero-order valence-corrected chi connectivity index (χ0v) is 10.9. The topological polar surface area (TPSA) is 95.2 Å². The van der Waals surface area contributed by atoms with Crippen LogP contribution >= 0.6 is 11.8 Å². The third-order valence-electron chi connectivity index (χ3n) is 1.87. The van der Waals surface area contributed by atoms with Crippen molar-refractivity contribution in [2.45, 2.75) is 6.92 Å². The van der Waals surface area contributed by atoms with E-state index in [0.29, 0.717) is 11.4 Å². The van der Waals surface area contributed by atoms with E-state index in [1.54, 1.807) is 12.2 Å². The SMILES string of the molecule is COC(=O)c1nc(C=CCSC(C)=O)cnc1N. The number of thioether (sulfide) groups is 1. The van der Waals surface area contributed by atoms with Crippen molar-refractivity contribution in [3.63, 3.8) is 0 Å². The summed E-state index contributed by atoms with van der Waals surface area (Å²) in [5, 5.41) is 0.0401. The summed E-state index contributed by atoms with van der Waals surface area (Å²) >= 11 is 1.18. The molecular formula is C11H13N3O3S. The molecule has 0 saturated carbocycles. The van der Waals surface area contributed by atoms with Gasteiger partial charge in [-0.1, -0.05) is 17.8 Å². The van der Waals surface area contributed by atoms with E-state index in [0.717, 1.165) is 0 Å². The highest BCUT2D eigenvalue weighted by Gasteiger charge is 2.13. The molecule has 0 radical (unpaired) electrons. The van der Waals surface area contributed by atoms with Crippen LogP contribution in [0.15, 0.2) is 12.3 Å². The van der Waals surface area contributed by atoms with E-state index in [4.69, 9.17) is 5.73 Å². The Hall–Kier alpha value is -1.89. The number of rotatable bonds is 4. The van der Waals surface area contributed by atoms with Gasteiger partial charge in [0.2, 0.25) is 0 Å². The molecule has 0 unspecified atom stereocenters. The third kappa shape index (κ3) is 4.17. The fourth-order valence-electron chi connectivity index (χ4n) is 1.07. The van der Waals surface area contributed by atoms with Crippen LogP contribution in [0.4, 0.5) is 5.82 Å². The highest BCUT2D eigenvalue weighted by molar-refractivity contribution is 8.13. The summed E-state index contributed by atoms with van der Waals surface area (Å²) in [6, 6.07) is 0. The summed E-state index contributed by atoms with van der Waals surface area (Å²) in [4.78, 5) is 29.9. The zero-order chi connectivity index (χ0) is 13.5. The maximum Gasteiger partial charge on any atom is 0.360 e. The highest BCUT2D eigenvalue weighted by Crippen LogP contribution is 2.09. The Morgan fingerprint density at radius 3 is 2.89 bits per heavy atom. The summed E-state index contributed by atoms with van der Waals surface area (Å²) in [5.74, 6) is -0.0694. The first-order chi connectivity index (χ1) is 8.54. The normalized spacial score (nSPS) is 10.6. The van der Waals surface area contributed by atoms with Gasteiger partial charge in [0, 0.05) is 12.7 Å². The van der Waals surface area contributed by atoms with Gasteiger partial charge in [-0.2, -0.15) is 0 Å². The van der Waals surface area contributed by atoms with Crippen molar-refractivity contribution in [3.05, 3.63) is 23.7 Å². The van der Waals surface area contributed by atoms with Crippen LogP contribution in [-0.2, 0) is 9.53 Å². The van der Waals surface area contributed by atoms with Crippen LogP contribution in [0.2, 0.25) is 0 Å². The van der Waals surface area contributed by atoms with E-state index in [-0.39, 0.29) is 16.6 Å². The molecule has 7 heteroatoms. The van der Waals surface area contributed by atoms with Gasteiger partial charge in [0.15, 0.2) is 16.6 Å². The lowest BCUT2D eigenvalue weighted by Crippen LogP contribution is -2.10. The fraction of sp³-hybridized carbons (Fsp3) is 0.273. The first kappa shape index (κ1) is 14.2. The van der Waals surface area contributed by atoms with Gasteiger partial charge in [-0.3, -0.25) is 4.79 Å². The van der Waals surface area contributed by atoms with Crippen LogP contribution in [0.1, 0.15) is 23.1 Å². The number of hydrogen-bond acceptors (Lipinski definition) is 7. The summed E-state index contributed by atoms with van der Waals surface area (Å²) in [6.07, 6.45) is 4.86. The van der Waals surface area contributed by atoms with Crippen LogP contribution in [0.3, 0.4) is 0 Å². The number of hydrogen-bond donors (Lipinski definition) is 1. The number of anilines is 1. The van der Waals surface area contributed by atoms with Gasteiger partial charge >= 0.3 is 5.97 Å². The van der Waals surface area contributed by atoms with Crippen molar-refractivity contribution in [1.82, 2.24) is 9.97 Å². The number of aromatic nitrogens is 2. The van der Waals surface area contributed by atoms with Crippen LogP contribution in [0.5, 0.6) is 0 Å². The molecule has 96 valence electrons. The van der Waals surface area contributed by atoms with E-state index in [1.165, 1.54) is 32.0 Å². The summed E-state index contributed by atoms with van der Waals surface area (Å²) in [7, 11) is 1.25. The van der Waals surface area contributed by atoms with Crippen molar-refractivity contribution in [2.24, 2.45) is 0 Å². The number of nitrogen functional groups attached to an aromatic ring is 1. The maximum absolute atomic E-state index is 11.3. The van der Waals surface area contributed by atoms with E-state index in [9.17, 15) is 9.59 Å². The second kappa shape index (κ2) is 6.75. The third-order valence-corrected chi connectivity index (χ3v) is 2.64. The van der Waals surface area contributed by atoms with Gasteiger partial charge in [-0.15, -0.1) is 0 Å². The van der Waals surface area contributed by atoms with E-state index in [2.05, 4.69) is 14.7 Å². The molecule has 0 amide bonds. The minimum atomic E-state index is -0.631. The Bertz CT molecular complexity index is 488. The molecule has 2 N–H and O–H groups in total. The molecule has 1 heterocycles. The lowest BCUT2D eigenvalue weighted by Gasteiger charge is -2.02. The largest absolute Gasteiger partial charge is 0.464 e. The van der Waals surface area contributed by atoms with Gasteiger partial charge in [0.1, 0.15) is 0 Å². The number of ether oxygens (including phenoxy) is 1. The predicted molar refractivity (Wildman–Crippen MR) is 70.0 cm³/mol. The molecule has 0 atom stereocenters. The van der Waals surface area contributed by atoms with Crippen molar-refractivity contribution < 1.29 is 14.3 Å². The minimum Gasteiger partial charge on any atom is -0.464 e. The number of methoxy groups -OCH3 is 1. The molecule has 0 fully saturated rings. The molecular weight excluding hydrogens is 254 g/mol. The summed E-state index contributed by atoms with van der Waals surface area (Å²) in [6.45, 7) is 1.50. The van der Waals surface area contributed by atoms with Crippen LogP contribution < -0.4 is 5.73 Å². The predicted octanol–water partition coefficient (Wildman–Crippen LogP) is 1.14. The number of nitrogens with two attached hydrogens (primary N) is 1. The number of esters is 1. The zero-order valence-electron chi connectivity index (χ0n) is 10.0. The molecule has 0 aliphatic heterocycles. The Kier molecular flexibility index (Phi) is 5.31. The molecule has 1 aromatic heterocycles. The molecule has 1 rings (SSSR count). The van der Waals surface area contributed by atoms with Crippen LogP contribution in [0.25, 0.3) is 6.08 Å². The Morgan fingerprint density at radius 2 is 2.28 bits per heavy atom. The molecule has 0 spiro atoms. The van der Waals surface area contributed by atoms with Gasteiger partial charge < -0.3 is 10.5 Å². The van der Waals surface area contributed by atoms with Crippen molar-refractivity contribution >= 4 is 34.7 Å². The lowest BCUT2D eigenvalue weighted by molar-refractivity contribution is -0.109. The molecule has 1 aromatic rings. The Labute approximate surface area is 109 Å². The highest BCUT2D eigenvalue weighted by atomic mass is 32.2. The van der Waals surface area contributed by atoms with Crippen molar-refractivity contribution in [1.29, 1.82) is 0 Å². The molecule has 18 heavy (non-hydrogen) atoms. The Morgan fingerprint density at radius 1 is 1.56 bits per heavy atom. The van der Waals surface area contributed by atoms with Gasteiger partial charge in [0.05, 0.1) is 19.0 Å². The quantitative estimate of drug-likeness (QED) is 0.817. The Balaban J connectivity index is 2.79. The van der Waals surface area contributed by atoms with E-state index in [1.807, 2.05) is 0 Å². The monoisotopic (exact) mass is 267 g/mol. The van der Waals surface area contributed by atoms with Crippen molar-refractivity contribution in [3.8, 4) is 0 Å². The molecule has 6 nitrogen and oxygen atoms in total. The number of carbonyl (C=O) groups is 2. The molecule has 0 bridgehead atoms. The second-order valence-corrected chi connectivity index (χ2v) is 4.42. The average Bonchev–Trinajstić information content (AvgIpc) is 2.35. The number of carbonyl (C=O) groups excluding carboxylic acids is 2. The second-order valence-electron chi connectivity index (χ2n) is 3.23. The van der Waals surface area contributed by atoms with Crippen LogP contribution in [-0.4, -0.2) is 33.9 Å². The first-order valence-electron chi connectivity index (χ1n) is 5.05. The molecule has 0 aliphatic rings. The molecule has 0 aliphatic carbocycles. The number of nitrogens with zero attached hydrogens (tertiary/aromatic N) is 2. The van der Waals surface area contributed by atoms with Gasteiger partial charge in [-0.05, 0) is 6.08 Å². The molecule has 0 saturated heterocycles. The van der Waals surface area contributed by atoms with E-state index >= 15 is 0 Å². The first-order valence-corrected chi connectivity index (χ1v) is 6.04. The van der Waals surface area contributed by atoms with Crippen molar-refractivity contribution in [2.75, 3.05) is 18.6 Å². The minimum absolute atomic E-state index is 0.0149. The standard InChI is InChI=1S/C11H13N3O3S/c1-7(15)18-5-3-4-8-6-13-10(12)9(14-8)11(16)17-2/h3-4,6H,5H2,1-2H3,(H2,12,13). The lowest BCUT2D eigenvalue weighted by atomic mass is 10.3. The fourth-order valence-corrected chi connectivity index (χ4v) is 1.50. The van der Waals surface area contributed by atoms with Crippen LogP contribution in [0, 0.1) is 0 Å². The van der Waals surface area contributed by atoms with E-state index < -0.39 is 5.97 Å².